The second-order valence-electron chi connectivity index (χ2n) is 5.98. The maximum absolute atomic E-state index is 10.9. The molecule has 3 rings (SSSR count). The molecule has 0 amide bonds. The molecule has 0 bridgehead atoms. The summed E-state index contributed by atoms with van der Waals surface area (Å²) in [7, 11) is 0. The van der Waals surface area contributed by atoms with Crippen molar-refractivity contribution in [3.63, 3.8) is 0 Å². The molecule has 2 heterocycles. The highest BCUT2D eigenvalue weighted by atomic mass is 16.5. The Morgan fingerprint density at radius 1 is 1.20 bits per heavy atom. The lowest BCUT2D eigenvalue weighted by molar-refractivity contribution is -0.150. The van der Waals surface area contributed by atoms with Crippen LogP contribution >= 0.6 is 0 Å². The predicted octanol–water partition coefficient (Wildman–Crippen LogP) is 2.67. The average Bonchev–Trinajstić information content (AvgIpc) is 3.08. The fraction of sp³-hybridized carbons (Fsp3) is 0.786. The highest BCUT2D eigenvalue weighted by Crippen LogP contribution is 2.36. The van der Waals surface area contributed by atoms with Crippen LogP contribution in [-0.2, 0) is 9.53 Å². The molecule has 1 aromatic rings. The van der Waals surface area contributed by atoms with E-state index in [1.165, 1.54) is 12.8 Å². The van der Waals surface area contributed by atoms with Crippen molar-refractivity contribution in [3.8, 4) is 0 Å². The van der Waals surface area contributed by atoms with Crippen molar-refractivity contribution in [3.05, 3.63) is 11.7 Å². The van der Waals surface area contributed by atoms with Gasteiger partial charge in [-0.3, -0.25) is 0 Å². The van der Waals surface area contributed by atoms with Crippen molar-refractivity contribution in [1.29, 1.82) is 0 Å². The fourth-order valence-corrected chi connectivity index (χ4v) is 3.06. The molecule has 1 aromatic heterocycles. The second-order valence-corrected chi connectivity index (χ2v) is 5.98. The molecular weight excluding hydrogens is 260 g/mol. The van der Waals surface area contributed by atoms with Crippen LogP contribution in [0.15, 0.2) is 4.52 Å². The molecule has 2 fully saturated rings. The van der Waals surface area contributed by atoms with E-state index in [-0.39, 0.29) is 6.10 Å². The van der Waals surface area contributed by atoms with E-state index in [9.17, 15) is 4.79 Å². The van der Waals surface area contributed by atoms with Crippen LogP contribution in [-0.4, -0.2) is 27.3 Å². The van der Waals surface area contributed by atoms with Gasteiger partial charge in [-0.2, -0.15) is 4.98 Å². The van der Waals surface area contributed by atoms with E-state index in [0.29, 0.717) is 24.7 Å². The minimum absolute atomic E-state index is 0.361. The van der Waals surface area contributed by atoms with E-state index in [2.05, 4.69) is 17.1 Å². The van der Waals surface area contributed by atoms with Gasteiger partial charge in [-0.15, -0.1) is 0 Å². The summed E-state index contributed by atoms with van der Waals surface area (Å²) < 4.78 is 10.7. The molecule has 20 heavy (non-hydrogen) atoms. The van der Waals surface area contributed by atoms with Crippen molar-refractivity contribution in [2.24, 2.45) is 5.92 Å². The molecular formula is C14H20N2O4. The summed E-state index contributed by atoms with van der Waals surface area (Å²) in [6.45, 7) is 2.27. The lowest BCUT2D eigenvalue weighted by Crippen LogP contribution is -2.18. The Hall–Kier alpha value is -1.43. The Morgan fingerprint density at radius 2 is 1.95 bits per heavy atom. The molecule has 0 radical (unpaired) electrons. The first-order valence-electron chi connectivity index (χ1n) is 7.35. The average molecular weight is 280 g/mol. The molecule has 1 N–H and O–H groups in total. The van der Waals surface area contributed by atoms with Crippen LogP contribution in [0.3, 0.4) is 0 Å². The summed E-state index contributed by atoms with van der Waals surface area (Å²) in [5.41, 5.74) is 0. The fourth-order valence-electron chi connectivity index (χ4n) is 3.06. The Kier molecular flexibility index (Phi) is 3.74. The summed E-state index contributed by atoms with van der Waals surface area (Å²) in [5.74, 6) is 1.43. The normalized spacial score (nSPS) is 34.2. The van der Waals surface area contributed by atoms with Gasteiger partial charge in [-0.25, -0.2) is 4.79 Å². The van der Waals surface area contributed by atoms with Crippen LogP contribution in [0.4, 0.5) is 0 Å². The van der Waals surface area contributed by atoms with Crippen LogP contribution in [0.1, 0.15) is 69.2 Å². The minimum atomic E-state index is -0.923. The van der Waals surface area contributed by atoms with E-state index in [0.717, 1.165) is 24.6 Å². The third-order valence-electron chi connectivity index (χ3n) is 4.41. The molecule has 1 saturated carbocycles. The van der Waals surface area contributed by atoms with Crippen LogP contribution in [0.5, 0.6) is 0 Å². The first kappa shape index (κ1) is 13.5. The predicted molar refractivity (Wildman–Crippen MR) is 69.2 cm³/mol. The molecule has 110 valence electrons. The van der Waals surface area contributed by atoms with Crippen LogP contribution in [0.25, 0.3) is 0 Å². The van der Waals surface area contributed by atoms with Crippen molar-refractivity contribution in [2.75, 3.05) is 0 Å². The van der Waals surface area contributed by atoms with Crippen LogP contribution in [0.2, 0.25) is 0 Å². The van der Waals surface area contributed by atoms with Gasteiger partial charge in [0.25, 0.3) is 5.89 Å². The maximum Gasteiger partial charge on any atom is 0.332 e. The summed E-state index contributed by atoms with van der Waals surface area (Å²) in [6, 6.07) is 0. The van der Waals surface area contributed by atoms with Crippen molar-refractivity contribution in [2.45, 2.75) is 63.6 Å². The van der Waals surface area contributed by atoms with Gasteiger partial charge in [0.15, 0.2) is 11.9 Å². The maximum atomic E-state index is 10.9. The Labute approximate surface area is 117 Å². The quantitative estimate of drug-likeness (QED) is 0.916. The number of aromatic nitrogens is 2. The Bertz CT molecular complexity index is 479. The summed E-state index contributed by atoms with van der Waals surface area (Å²) in [4.78, 5) is 15.3. The molecule has 1 aliphatic carbocycles. The molecule has 6 heteroatoms. The van der Waals surface area contributed by atoms with E-state index < -0.39 is 12.1 Å². The highest BCUT2D eigenvalue weighted by molar-refractivity contribution is 5.72. The van der Waals surface area contributed by atoms with Gasteiger partial charge < -0.3 is 14.4 Å². The monoisotopic (exact) mass is 280 g/mol. The number of aliphatic carboxylic acids is 1. The first-order valence-corrected chi connectivity index (χ1v) is 7.35. The van der Waals surface area contributed by atoms with Crippen LogP contribution in [0, 0.1) is 5.92 Å². The van der Waals surface area contributed by atoms with Crippen LogP contribution < -0.4 is 0 Å². The third kappa shape index (κ3) is 2.70. The number of hydrogen-bond donors (Lipinski definition) is 1. The number of carbonyl (C=O) groups is 1. The van der Waals surface area contributed by atoms with Gasteiger partial charge in [0.05, 0.1) is 0 Å². The lowest BCUT2D eigenvalue weighted by atomic mass is 9.83. The molecule has 2 aliphatic rings. The number of rotatable bonds is 3. The second kappa shape index (κ2) is 5.52. The number of carboxylic acid groups (broad SMARTS) is 1. The van der Waals surface area contributed by atoms with Crippen molar-refractivity contribution in [1.82, 2.24) is 10.1 Å². The molecule has 0 aromatic carbocycles. The zero-order valence-corrected chi connectivity index (χ0v) is 11.6. The zero-order valence-electron chi connectivity index (χ0n) is 11.6. The van der Waals surface area contributed by atoms with Gasteiger partial charge in [-0.1, -0.05) is 24.9 Å². The Balaban J connectivity index is 1.64. The van der Waals surface area contributed by atoms with Gasteiger partial charge in [0, 0.05) is 5.92 Å². The summed E-state index contributed by atoms with van der Waals surface area (Å²) in [6.07, 6.45) is 4.63. The van der Waals surface area contributed by atoms with Gasteiger partial charge >= 0.3 is 5.97 Å². The third-order valence-corrected chi connectivity index (χ3v) is 4.41. The number of nitrogens with zero attached hydrogens (tertiary/aromatic N) is 2. The topological polar surface area (TPSA) is 85.5 Å². The Morgan fingerprint density at radius 3 is 2.60 bits per heavy atom. The largest absolute Gasteiger partial charge is 0.479 e. The highest BCUT2D eigenvalue weighted by Gasteiger charge is 2.35. The van der Waals surface area contributed by atoms with E-state index in [1.54, 1.807) is 0 Å². The van der Waals surface area contributed by atoms with Gasteiger partial charge in [0.1, 0.15) is 6.10 Å². The van der Waals surface area contributed by atoms with Gasteiger partial charge in [0.2, 0.25) is 0 Å². The molecule has 0 spiro atoms. The van der Waals surface area contributed by atoms with E-state index >= 15 is 0 Å². The molecule has 2 atom stereocenters. The first-order chi connectivity index (χ1) is 9.63. The summed E-state index contributed by atoms with van der Waals surface area (Å²) in [5, 5.41) is 13.0. The number of hydrogen-bond acceptors (Lipinski definition) is 5. The molecule has 2 unspecified atom stereocenters. The SMILES string of the molecule is CC1CCC(c2noc(C3CCC(C(=O)O)O3)n2)CC1. The zero-order chi connectivity index (χ0) is 14.1. The molecule has 6 nitrogen and oxygen atoms in total. The smallest absolute Gasteiger partial charge is 0.332 e. The standard InChI is InChI=1S/C14H20N2O4/c1-8-2-4-9(5-3-8)12-15-13(20-16-12)10-6-7-11(19-10)14(17)18/h8-11H,2-7H2,1H3,(H,17,18). The number of ether oxygens (including phenoxy) is 1. The van der Waals surface area contributed by atoms with Crippen molar-refractivity contribution >= 4 is 5.97 Å². The number of carboxylic acids is 1. The minimum Gasteiger partial charge on any atom is -0.479 e. The lowest BCUT2D eigenvalue weighted by Gasteiger charge is -2.23. The molecule has 1 saturated heterocycles. The van der Waals surface area contributed by atoms with Crippen molar-refractivity contribution < 1.29 is 19.2 Å². The van der Waals surface area contributed by atoms with Gasteiger partial charge in [-0.05, 0) is 31.6 Å². The molecule has 1 aliphatic heterocycles. The van der Waals surface area contributed by atoms with E-state index in [1.807, 2.05) is 0 Å². The van der Waals surface area contributed by atoms with E-state index in [4.69, 9.17) is 14.4 Å². The summed E-state index contributed by atoms with van der Waals surface area (Å²) >= 11 is 0.